The molecular formula is C29H33FO. The number of aliphatic hydroxyl groups is 1. The maximum atomic E-state index is 14.1. The van der Waals surface area contributed by atoms with Crippen LogP contribution in [0.5, 0.6) is 0 Å². The first kappa shape index (κ1) is 21.8. The zero-order valence-electron chi connectivity index (χ0n) is 18.9. The van der Waals surface area contributed by atoms with Crippen molar-refractivity contribution in [3.05, 3.63) is 82.7 Å². The van der Waals surface area contributed by atoms with Crippen LogP contribution >= 0.6 is 0 Å². The Bertz CT molecular complexity index is 1020. The topological polar surface area (TPSA) is 20.2 Å². The number of halogens is 1. The fourth-order valence-corrected chi connectivity index (χ4v) is 5.00. The smallest absolute Gasteiger partial charge is 0.126 e. The summed E-state index contributed by atoms with van der Waals surface area (Å²) in [7, 11) is 0. The fraction of sp³-hybridized carbons (Fsp3) is 0.379. The fourth-order valence-electron chi connectivity index (χ4n) is 5.00. The summed E-state index contributed by atoms with van der Waals surface area (Å²) in [5, 5.41) is 9.68. The molecule has 162 valence electrons. The first-order valence-electron chi connectivity index (χ1n) is 11.6. The molecule has 2 heteroatoms. The van der Waals surface area contributed by atoms with Crippen molar-refractivity contribution in [2.45, 2.75) is 65.4 Å². The largest absolute Gasteiger partial charge is 0.393 e. The van der Waals surface area contributed by atoms with Gasteiger partial charge in [-0.25, -0.2) is 4.39 Å². The summed E-state index contributed by atoms with van der Waals surface area (Å²) < 4.78 is 14.1. The summed E-state index contributed by atoms with van der Waals surface area (Å²) in [4.78, 5) is 0. The lowest BCUT2D eigenvalue weighted by Crippen LogP contribution is -2.18. The van der Waals surface area contributed by atoms with Crippen molar-refractivity contribution >= 4 is 0 Å². The van der Waals surface area contributed by atoms with E-state index < -0.39 is 0 Å². The van der Waals surface area contributed by atoms with Gasteiger partial charge in [0, 0.05) is 0 Å². The molecule has 0 unspecified atom stereocenters. The van der Waals surface area contributed by atoms with E-state index in [9.17, 15) is 9.50 Å². The van der Waals surface area contributed by atoms with Gasteiger partial charge in [0.05, 0.1) is 6.10 Å². The standard InChI is InChI=1S/C29H33FO/c1-19-4-11-25(18-28(19)30)29-20(2)16-26(17-21(29)3)24-12-7-22(8-13-24)5-6-23-9-14-27(31)15-10-23/h4,7-8,11-13,16-18,23,27,31H,5-6,9-10,14-15H2,1-3H3. The highest BCUT2D eigenvalue weighted by Gasteiger charge is 2.19. The second-order valence-corrected chi connectivity index (χ2v) is 9.36. The molecule has 0 heterocycles. The van der Waals surface area contributed by atoms with Crippen molar-refractivity contribution in [2.24, 2.45) is 5.92 Å². The van der Waals surface area contributed by atoms with Crippen molar-refractivity contribution in [3.63, 3.8) is 0 Å². The van der Waals surface area contributed by atoms with Gasteiger partial charge in [0.2, 0.25) is 0 Å². The van der Waals surface area contributed by atoms with E-state index in [1.807, 2.05) is 12.1 Å². The first-order chi connectivity index (χ1) is 14.9. The lowest BCUT2D eigenvalue weighted by Gasteiger charge is -2.25. The second-order valence-electron chi connectivity index (χ2n) is 9.36. The number of rotatable bonds is 5. The minimum atomic E-state index is -0.152. The van der Waals surface area contributed by atoms with Gasteiger partial charge < -0.3 is 5.11 Å². The van der Waals surface area contributed by atoms with Crippen LogP contribution in [0.15, 0.2) is 54.6 Å². The Balaban J connectivity index is 1.48. The average molecular weight is 417 g/mol. The number of aryl methyl sites for hydroxylation is 4. The molecule has 0 aromatic heterocycles. The van der Waals surface area contributed by atoms with Gasteiger partial charge in [0.1, 0.15) is 5.82 Å². The van der Waals surface area contributed by atoms with Crippen molar-refractivity contribution in [1.82, 2.24) is 0 Å². The SMILES string of the molecule is Cc1ccc(-c2c(C)cc(-c3ccc(CCC4CCC(O)CC4)cc3)cc2C)cc1F. The zero-order valence-corrected chi connectivity index (χ0v) is 18.9. The van der Waals surface area contributed by atoms with Crippen LogP contribution in [0, 0.1) is 32.5 Å². The molecule has 0 bridgehead atoms. The summed E-state index contributed by atoms with van der Waals surface area (Å²) >= 11 is 0. The lowest BCUT2D eigenvalue weighted by atomic mass is 9.84. The molecule has 0 aliphatic heterocycles. The van der Waals surface area contributed by atoms with Crippen molar-refractivity contribution in [1.29, 1.82) is 0 Å². The van der Waals surface area contributed by atoms with Crippen LogP contribution < -0.4 is 0 Å². The van der Waals surface area contributed by atoms with E-state index in [0.717, 1.165) is 49.1 Å². The maximum absolute atomic E-state index is 14.1. The predicted octanol–water partition coefficient (Wildman–Crippen LogP) is 7.57. The van der Waals surface area contributed by atoms with Crippen LogP contribution in [0.4, 0.5) is 4.39 Å². The van der Waals surface area contributed by atoms with Gasteiger partial charge in [-0.15, -0.1) is 0 Å². The van der Waals surface area contributed by atoms with E-state index in [2.05, 4.69) is 50.2 Å². The molecule has 3 aromatic rings. The monoisotopic (exact) mass is 416 g/mol. The highest BCUT2D eigenvalue weighted by molar-refractivity contribution is 5.77. The summed E-state index contributed by atoms with van der Waals surface area (Å²) in [6, 6.07) is 18.9. The molecule has 0 amide bonds. The third-order valence-electron chi connectivity index (χ3n) is 6.94. The van der Waals surface area contributed by atoms with Gasteiger partial charge in [0.15, 0.2) is 0 Å². The molecule has 1 fully saturated rings. The van der Waals surface area contributed by atoms with Crippen LogP contribution in [-0.2, 0) is 6.42 Å². The molecule has 31 heavy (non-hydrogen) atoms. The third-order valence-corrected chi connectivity index (χ3v) is 6.94. The lowest BCUT2D eigenvalue weighted by molar-refractivity contribution is 0.106. The maximum Gasteiger partial charge on any atom is 0.126 e. The van der Waals surface area contributed by atoms with Gasteiger partial charge in [0.25, 0.3) is 0 Å². The van der Waals surface area contributed by atoms with Gasteiger partial charge in [-0.05, 0) is 116 Å². The normalized spacial score (nSPS) is 18.9. The van der Waals surface area contributed by atoms with Crippen LogP contribution in [0.1, 0.15) is 54.4 Å². The Morgan fingerprint density at radius 3 is 1.97 bits per heavy atom. The number of hydrogen-bond acceptors (Lipinski definition) is 1. The molecule has 1 N–H and O–H groups in total. The predicted molar refractivity (Wildman–Crippen MR) is 128 cm³/mol. The molecule has 0 spiro atoms. The minimum Gasteiger partial charge on any atom is -0.393 e. The third kappa shape index (κ3) is 5.07. The van der Waals surface area contributed by atoms with E-state index in [1.165, 1.54) is 34.2 Å². The molecule has 4 rings (SSSR count). The molecule has 1 aliphatic rings. The van der Waals surface area contributed by atoms with Gasteiger partial charge in [-0.1, -0.05) is 48.5 Å². The quantitative estimate of drug-likeness (QED) is 0.455. The molecule has 1 saturated carbocycles. The van der Waals surface area contributed by atoms with Crippen LogP contribution in [0.2, 0.25) is 0 Å². The van der Waals surface area contributed by atoms with E-state index in [0.29, 0.717) is 5.56 Å². The summed E-state index contributed by atoms with van der Waals surface area (Å²) in [5.74, 6) is 0.605. The number of aliphatic hydroxyl groups excluding tert-OH is 1. The van der Waals surface area contributed by atoms with E-state index in [4.69, 9.17) is 0 Å². The Morgan fingerprint density at radius 1 is 0.742 bits per heavy atom. The molecule has 1 aliphatic carbocycles. The van der Waals surface area contributed by atoms with E-state index in [1.54, 1.807) is 13.0 Å². The zero-order chi connectivity index (χ0) is 22.0. The minimum absolute atomic E-state index is 0.0705. The first-order valence-corrected chi connectivity index (χ1v) is 11.6. The Labute approximate surface area is 186 Å². The van der Waals surface area contributed by atoms with Crippen LogP contribution in [0.3, 0.4) is 0 Å². The van der Waals surface area contributed by atoms with Gasteiger partial charge in [-0.3, -0.25) is 0 Å². The van der Waals surface area contributed by atoms with Crippen LogP contribution in [0.25, 0.3) is 22.3 Å². The number of benzene rings is 3. The highest BCUT2D eigenvalue weighted by Crippen LogP contribution is 2.33. The molecule has 0 atom stereocenters. The second kappa shape index (κ2) is 9.36. The summed E-state index contributed by atoms with van der Waals surface area (Å²) in [6.45, 7) is 6.02. The Morgan fingerprint density at radius 2 is 1.35 bits per heavy atom. The Kier molecular flexibility index (Phi) is 6.57. The van der Waals surface area contributed by atoms with Crippen molar-refractivity contribution in [2.75, 3.05) is 0 Å². The van der Waals surface area contributed by atoms with Crippen LogP contribution in [-0.4, -0.2) is 11.2 Å². The van der Waals surface area contributed by atoms with E-state index in [-0.39, 0.29) is 11.9 Å². The number of hydrogen-bond donors (Lipinski definition) is 1. The molecule has 0 saturated heterocycles. The van der Waals surface area contributed by atoms with Gasteiger partial charge >= 0.3 is 0 Å². The van der Waals surface area contributed by atoms with Crippen molar-refractivity contribution in [3.8, 4) is 22.3 Å². The summed E-state index contributed by atoms with van der Waals surface area (Å²) in [5.41, 5.74) is 8.89. The van der Waals surface area contributed by atoms with Gasteiger partial charge in [-0.2, -0.15) is 0 Å². The average Bonchev–Trinajstić information content (AvgIpc) is 2.75. The Hall–Kier alpha value is -2.45. The molecular weight excluding hydrogens is 383 g/mol. The summed E-state index contributed by atoms with van der Waals surface area (Å²) in [6.07, 6.45) is 6.51. The molecule has 1 nitrogen and oxygen atoms in total. The van der Waals surface area contributed by atoms with Crippen molar-refractivity contribution < 1.29 is 9.50 Å². The molecule has 3 aromatic carbocycles. The van der Waals surface area contributed by atoms with E-state index >= 15 is 0 Å². The highest BCUT2D eigenvalue weighted by atomic mass is 19.1. The molecule has 0 radical (unpaired) electrons.